The van der Waals surface area contributed by atoms with Crippen LogP contribution in [0.25, 0.3) is 17.0 Å². The van der Waals surface area contributed by atoms with Crippen LogP contribution < -0.4 is 0 Å². The van der Waals surface area contributed by atoms with Gasteiger partial charge >= 0.3 is 0 Å². The van der Waals surface area contributed by atoms with E-state index in [1.165, 1.54) is 27.9 Å². The van der Waals surface area contributed by atoms with Crippen LogP contribution in [0.1, 0.15) is 23.1 Å². The quantitative estimate of drug-likeness (QED) is 0.509. The summed E-state index contributed by atoms with van der Waals surface area (Å²) in [6.45, 7) is 4.95. The summed E-state index contributed by atoms with van der Waals surface area (Å²) in [6.07, 6.45) is 3.84. The highest BCUT2D eigenvalue weighted by Crippen LogP contribution is 2.31. The van der Waals surface area contributed by atoms with E-state index in [1.807, 2.05) is 36.5 Å². The summed E-state index contributed by atoms with van der Waals surface area (Å²) in [6, 6.07) is 16.3. The SMILES string of the molecule is Cc1ccccc1Cn1cc(/C=C2/C(=N)N3N=C(CC(=O)N4CCOCC4)SC3=NC2=O)c2ccccc21. The first-order valence-corrected chi connectivity index (χ1v) is 13.3. The normalized spacial score (nSPS) is 18.7. The fraction of sp³-hybridized carbons (Fsp3) is 0.250. The minimum absolute atomic E-state index is 0.0444. The summed E-state index contributed by atoms with van der Waals surface area (Å²) < 4.78 is 7.48. The van der Waals surface area contributed by atoms with Gasteiger partial charge in [0.1, 0.15) is 5.04 Å². The average Bonchev–Trinajstić information content (AvgIpc) is 3.49. The molecule has 6 rings (SSSR count). The van der Waals surface area contributed by atoms with E-state index < -0.39 is 5.91 Å². The van der Waals surface area contributed by atoms with Crippen LogP contribution in [0.3, 0.4) is 0 Å². The van der Waals surface area contributed by atoms with Crippen LogP contribution in [0.15, 0.2) is 70.4 Å². The first kappa shape index (κ1) is 24.3. The number of fused-ring (bicyclic) bond motifs is 2. The molecule has 2 amide bonds. The molecule has 0 spiro atoms. The molecule has 1 saturated heterocycles. The summed E-state index contributed by atoms with van der Waals surface area (Å²) in [4.78, 5) is 31.6. The van der Waals surface area contributed by atoms with E-state index >= 15 is 0 Å². The number of hydrazone groups is 1. The van der Waals surface area contributed by atoms with Crippen LogP contribution in [-0.4, -0.2) is 68.6 Å². The number of hydrogen-bond donors (Lipinski definition) is 1. The van der Waals surface area contributed by atoms with Crippen LogP contribution in [-0.2, 0) is 20.9 Å². The lowest BCUT2D eigenvalue weighted by molar-refractivity contribution is -0.133. The van der Waals surface area contributed by atoms with Crippen molar-refractivity contribution in [2.24, 2.45) is 10.1 Å². The van der Waals surface area contributed by atoms with Gasteiger partial charge < -0.3 is 14.2 Å². The molecule has 38 heavy (non-hydrogen) atoms. The fourth-order valence-electron chi connectivity index (χ4n) is 4.80. The van der Waals surface area contributed by atoms with Crippen molar-refractivity contribution in [3.63, 3.8) is 0 Å². The number of morpholine rings is 1. The first-order valence-electron chi connectivity index (χ1n) is 12.4. The number of aryl methyl sites for hydroxylation is 1. The zero-order valence-corrected chi connectivity index (χ0v) is 21.7. The molecule has 0 saturated carbocycles. The number of aromatic nitrogens is 1. The first-order chi connectivity index (χ1) is 18.5. The van der Waals surface area contributed by atoms with Gasteiger partial charge in [-0.2, -0.15) is 15.1 Å². The Morgan fingerprint density at radius 2 is 1.89 bits per heavy atom. The molecule has 1 aromatic heterocycles. The van der Waals surface area contributed by atoms with E-state index in [0.29, 0.717) is 43.1 Å². The average molecular weight is 527 g/mol. The number of carbonyl (C=O) groups is 2. The van der Waals surface area contributed by atoms with E-state index in [-0.39, 0.29) is 23.7 Å². The minimum atomic E-state index is -0.486. The highest BCUT2D eigenvalue weighted by Gasteiger charge is 2.36. The minimum Gasteiger partial charge on any atom is -0.378 e. The van der Waals surface area contributed by atoms with Gasteiger partial charge in [0, 0.05) is 42.3 Å². The van der Waals surface area contributed by atoms with Gasteiger partial charge in [-0.15, -0.1) is 0 Å². The van der Waals surface area contributed by atoms with Gasteiger partial charge in [-0.05, 0) is 42.0 Å². The Bertz CT molecular complexity index is 1560. The molecule has 9 nitrogen and oxygen atoms in total. The number of ether oxygens (including phenoxy) is 1. The second kappa shape index (κ2) is 10.0. The second-order valence-electron chi connectivity index (χ2n) is 9.34. The van der Waals surface area contributed by atoms with Crippen molar-refractivity contribution in [3.8, 4) is 0 Å². The number of carbonyl (C=O) groups excluding carboxylic acids is 2. The number of para-hydroxylation sites is 1. The molecular weight excluding hydrogens is 500 g/mol. The zero-order chi connectivity index (χ0) is 26.2. The van der Waals surface area contributed by atoms with Crippen molar-refractivity contribution in [3.05, 3.63) is 77.0 Å². The summed E-state index contributed by atoms with van der Waals surface area (Å²) >= 11 is 1.17. The smallest absolute Gasteiger partial charge is 0.283 e. The molecule has 4 heterocycles. The maximum Gasteiger partial charge on any atom is 0.283 e. The highest BCUT2D eigenvalue weighted by atomic mass is 32.2. The predicted octanol–water partition coefficient (Wildman–Crippen LogP) is 3.87. The lowest BCUT2D eigenvalue weighted by Gasteiger charge is -2.26. The monoisotopic (exact) mass is 526 g/mol. The number of benzene rings is 2. The molecule has 1 fully saturated rings. The third kappa shape index (κ3) is 4.57. The number of rotatable bonds is 5. The molecule has 0 unspecified atom stereocenters. The van der Waals surface area contributed by atoms with Crippen molar-refractivity contribution in [1.82, 2.24) is 14.5 Å². The largest absolute Gasteiger partial charge is 0.378 e. The summed E-state index contributed by atoms with van der Waals surface area (Å²) in [5.74, 6) is -0.576. The van der Waals surface area contributed by atoms with E-state index in [2.05, 4.69) is 39.8 Å². The fourth-order valence-corrected chi connectivity index (χ4v) is 5.68. The van der Waals surface area contributed by atoms with E-state index in [4.69, 9.17) is 10.1 Å². The third-order valence-corrected chi connectivity index (χ3v) is 7.79. The van der Waals surface area contributed by atoms with Crippen molar-refractivity contribution in [2.75, 3.05) is 26.3 Å². The predicted molar refractivity (Wildman–Crippen MR) is 149 cm³/mol. The molecule has 0 aliphatic carbocycles. The van der Waals surface area contributed by atoms with Gasteiger partial charge in [0.25, 0.3) is 5.91 Å². The molecule has 2 aromatic carbocycles. The van der Waals surface area contributed by atoms with Crippen molar-refractivity contribution >= 4 is 56.6 Å². The van der Waals surface area contributed by atoms with Gasteiger partial charge in [0.2, 0.25) is 11.1 Å². The van der Waals surface area contributed by atoms with Crippen LogP contribution >= 0.6 is 11.8 Å². The van der Waals surface area contributed by atoms with Crippen molar-refractivity contribution in [2.45, 2.75) is 19.9 Å². The molecule has 3 aliphatic rings. The Kier molecular flexibility index (Phi) is 6.42. The van der Waals surface area contributed by atoms with E-state index in [9.17, 15) is 9.59 Å². The second-order valence-corrected chi connectivity index (χ2v) is 10.4. The number of amidine groups is 2. The Labute approximate surface area is 224 Å². The number of amides is 2. The van der Waals surface area contributed by atoms with E-state index in [0.717, 1.165) is 16.5 Å². The molecular formula is C28H26N6O3S. The molecule has 0 bridgehead atoms. The number of nitrogens with zero attached hydrogens (tertiary/aromatic N) is 5. The van der Waals surface area contributed by atoms with Crippen molar-refractivity contribution in [1.29, 1.82) is 5.41 Å². The molecule has 1 N–H and O–H groups in total. The standard InChI is InChI=1S/C28H26N6O3S/c1-18-6-2-3-7-19(18)16-33-17-20(21-8-4-5-9-23(21)33)14-22-26(29)34-28(30-27(22)36)38-24(31-34)15-25(35)32-10-12-37-13-11-32/h2-9,14,17,29H,10-13,15-16H2,1H3/b22-14-,29-26?. The van der Waals surface area contributed by atoms with Gasteiger partial charge in [-0.25, -0.2) is 0 Å². The summed E-state index contributed by atoms with van der Waals surface area (Å²) in [5.41, 5.74) is 4.46. The lowest BCUT2D eigenvalue weighted by atomic mass is 10.1. The Morgan fingerprint density at radius 1 is 1.13 bits per heavy atom. The van der Waals surface area contributed by atoms with Gasteiger partial charge in [0.15, 0.2) is 5.84 Å². The molecule has 10 heteroatoms. The van der Waals surface area contributed by atoms with E-state index in [1.54, 1.807) is 11.0 Å². The highest BCUT2D eigenvalue weighted by molar-refractivity contribution is 8.27. The third-order valence-electron chi connectivity index (χ3n) is 6.88. The Morgan fingerprint density at radius 3 is 2.71 bits per heavy atom. The number of aliphatic imine (C=N–C) groups is 1. The molecule has 3 aromatic rings. The van der Waals surface area contributed by atoms with Crippen LogP contribution in [0, 0.1) is 12.3 Å². The Balaban J connectivity index is 1.28. The summed E-state index contributed by atoms with van der Waals surface area (Å²) in [5, 5.41) is 16.4. The molecule has 0 atom stereocenters. The van der Waals surface area contributed by atoms with Gasteiger partial charge in [-0.1, -0.05) is 42.5 Å². The van der Waals surface area contributed by atoms with Crippen LogP contribution in [0.2, 0.25) is 0 Å². The topological polar surface area (TPSA) is 103 Å². The van der Waals surface area contributed by atoms with Crippen LogP contribution in [0.5, 0.6) is 0 Å². The van der Waals surface area contributed by atoms with Gasteiger partial charge in [0.05, 0.1) is 25.2 Å². The number of thioether (sulfide) groups is 1. The lowest BCUT2D eigenvalue weighted by Crippen LogP contribution is -2.41. The summed E-state index contributed by atoms with van der Waals surface area (Å²) in [7, 11) is 0. The van der Waals surface area contributed by atoms with Crippen LogP contribution in [0.4, 0.5) is 0 Å². The van der Waals surface area contributed by atoms with Gasteiger partial charge in [-0.3, -0.25) is 15.0 Å². The molecule has 3 aliphatic heterocycles. The zero-order valence-electron chi connectivity index (χ0n) is 20.9. The number of nitrogens with one attached hydrogen (secondary N) is 1. The number of hydrogen-bond acceptors (Lipinski definition) is 6. The Hall–Kier alpha value is -4.02. The molecule has 192 valence electrons. The molecule has 0 radical (unpaired) electrons. The maximum absolute atomic E-state index is 13.0. The van der Waals surface area contributed by atoms with Crippen molar-refractivity contribution < 1.29 is 14.3 Å². The maximum atomic E-state index is 13.0.